The Hall–Kier alpha value is -3.65. The Morgan fingerprint density at radius 3 is 1.38 bits per heavy atom. The summed E-state index contributed by atoms with van der Waals surface area (Å²) in [5, 5.41) is 0. The molecule has 0 bridgehead atoms. The number of aryl methyl sites for hydroxylation is 2. The van der Waals surface area contributed by atoms with Gasteiger partial charge in [-0.15, -0.1) is 0 Å². The lowest BCUT2D eigenvalue weighted by Gasteiger charge is -2.15. The summed E-state index contributed by atoms with van der Waals surface area (Å²) in [4.78, 5) is 29.1. The molecule has 1 aromatic heterocycles. The molecule has 0 radical (unpaired) electrons. The van der Waals surface area contributed by atoms with Gasteiger partial charge >= 0.3 is 11.9 Å². The minimum Gasteiger partial charge on any atom is -0.458 e. The summed E-state index contributed by atoms with van der Waals surface area (Å²) < 4.78 is 65.0. The molecule has 2 N–H and O–H groups in total. The molecule has 40 heavy (non-hydrogen) atoms. The van der Waals surface area contributed by atoms with Crippen LogP contribution in [0.15, 0.2) is 76.5 Å². The summed E-state index contributed by atoms with van der Waals surface area (Å²) in [7, 11) is -7.84. The standard InChI is InChI=1S/C27H31N3O8S2/c1-18-8-12-24(13-9-18)39(33,34)29-20(3)26(31)37-16-22-6-5-7-23(28-22)17-38-27(32)21(4)30-40(35,36)25-14-10-19(2)11-15-25/h5-15,20-21,29-30H,16-17H2,1-4H3/t20-,21-/m0/s1. The molecule has 0 spiro atoms. The van der Waals surface area contributed by atoms with Crippen LogP contribution in [0.4, 0.5) is 0 Å². The zero-order valence-electron chi connectivity index (χ0n) is 22.4. The van der Waals surface area contributed by atoms with Gasteiger partial charge in [0.15, 0.2) is 0 Å². The van der Waals surface area contributed by atoms with Crippen LogP contribution in [0.1, 0.15) is 36.4 Å². The van der Waals surface area contributed by atoms with Crippen molar-refractivity contribution < 1.29 is 35.9 Å². The highest BCUT2D eigenvalue weighted by Crippen LogP contribution is 2.13. The maximum Gasteiger partial charge on any atom is 0.324 e. The van der Waals surface area contributed by atoms with Crippen LogP contribution in [0, 0.1) is 13.8 Å². The molecule has 0 fully saturated rings. The Balaban J connectivity index is 1.50. The number of hydrogen-bond donors (Lipinski definition) is 2. The second kappa shape index (κ2) is 13.1. The zero-order valence-corrected chi connectivity index (χ0v) is 24.1. The van der Waals surface area contributed by atoms with Gasteiger partial charge in [0.1, 0.15) is 25.3 Å². The van der Waals surface area contributed by atoms with Gasteiger partial charge in [0.25, 0.3) is 0 Å². The number of carbonyl (C=O) groups excluding carboxylic acids is 2. The van der Waals surface area contributed by atoms with E-state index in [1.54, 1.807) is 42.5 Å². The molecule has 2 aromatic carbocycles. The predicted octanol–water partition coefficient (Wildman–Crippen LogP) is 2.52. The Morgan fingerprint density at radius 1 is 0.675 bits per heavy atom. The van der Waals surface area contributed by atoms with E-state index in [1.807, 2.05) is 13.8 Å². The lowest BCUT2D eigenvalue weighted by Crippen LogP contribution is -2.39. The first-order valence-corrected chi connectivity index (χ1v) is 15.2. The van der Waals surface area contributed by atoms with Gasteiger partial charge in [0, 0.05) is 0 Å². The van der Waals surface area contributed by atoms with Crippen LogP contribution < -0.4 is 9.44 Å². The van der Waals surface area contributed by atoms with Gasteiger partial charge in [-0.3, -0.25) is 14.6 Å². The largest absolute Gasteiger partial charge is 0.458 e. The molecular formula is C27H31N3O8S2. The van der Waals surface area contributed by atoms with Crippen molar-refractivity contribution in [3.8, 4) is 0 Å². The molecule has 214 valence electrons. The third-order valence-electron chi connectivity index (χ3n) is 5.62. The molecule has 2 atom stereocenters. The first-order valence-electron chi connectivity index (χ1n) is 12.2. The summed E-state index contributed by atoms with van der Waals surface area (Å²) in [5.74, 6) is -1.60. The third kappa shape index (κ3) is 8.68. The normalized spacial score (nSPS) is 13.3. The van der Waals surface area contributed by atoms with Crippen molar-refractivity contribution in [3.63, 3.8) is 0 Å². The van der Waals surface area contributed by atoms with E-state index in [2.05, 4.69) is 14.4 Å². The summed E-state index contributed by atoms with van der Waals surface area (Å²) in [6.07, 6.45) is 0. The van der Waals surface area contributed by atoms with Crippen LogP contribution in [0.5, 0.6) is 0 Å². The van der Waals surface area contributed by atoms with Crippen molar-refractivity contribution in [2.45, 2.75) is 62.8 Å². The van der Waals surface area contributed by atoms with E-state index in [-0.39, 0.29) is 23.0 Å². The van der Waals surface area contributed by atoms with E-state index in [0.717, 1.165) is 11.1 Å². The van der Waals surface area contributed by atoms with Crippen molar-refractivity contribution in [1.29, 1.82) is 0 Å². The summed E-state index contributed by atoms with van der Waals surface area (Å²) in [6.45, 7) is 5.90. The van der Waals surface area contributed by atoms with Crippen LogP contribution in [0.2, 0.25) is 0 Å². The highest BCUT2D eigenvalue weighted by molar-refractivity contribution is 7.89. The van der Waals surface area contributed by atoms with Crippen LogP contribution in [0.3, 0.4) is 0 Å². The number of nitrogens with one attached hydrogen (secondary N) is 2. The fourth-order valence-electron chi connectivity index (χ4n) is 3.36. The van der Waals surface area contributed by atoms with Gasteiger partial charge in [-0.25, -0.2) is 16.8 Å². The molecule has 3 aromatic rings. The van der Waals surface area contributed by atoms with Crippen molar-refractivity contribution in [2.75, 3.05) is 0 Å². The van der Waals surface area contributed by atoms with Gasteiger partial charge in [-0.05, 0) is 64.1 Å². The number of hydrogen-bond acceptors (Lipinski definition) is 9. The van der Waals surface area contributed by atoms with E-state index in [1.165, 1.54) is 38.1 Å². The number of sulfonamides is 2. The molecule has 0 saturated carbocycles. The number of ether oxygens (including phenoxy) is 2. The molecule has 0 amide bonds. The molecule has 0 aliphatic rings. The van der Waals surface area contributed by atoms with Crippen molar-refractivity contribution in [2.24, 2.45) is 0 Å². The van der Waals surface area contributed by atoms with E-state index >= 15 is 0 Å². The third-order valence-corrected chi connectivity index (χ3v) is 8.74. The molecule has 1 heterocycles. The molecule has 13 heteroatoms. The van der Waals surface area contributed by atoms with Crippen molar-refractivity contribution in [3.05, 3.63) is 89.2 Å². The summed E-state index contributed by atoms with van der Waals surface area (Å²) in [5.41, 5.74) is 2.47. The fourth-order valence-corrected chi connectivity index (χ4v) is 5.75. The van der Waals surface area contributed by atoms with Crippen molar-refractivity contribution in [1.82, 2.24) is 14.4 Å². The molecule has 0 aliphatic heterocycles. The lowest BCUT2D eigenvalue weighted by atomic mass is 10.2. The maximum absolute atomic E-state index is 12.5. The summed E-state index contributed by atoms with van der Waals surface area (Å²) >= 11 is 0. The van der Waals surface area contributed by atoms with E-state index in [9.17, 15) is 26.4 Å². The van der Waals surface area contributed by atoms with E-state index in [0.29, 0.717) is 11.4 Å². The van der Waals surface area contributed by atoms with Gasteiger partial charge in [0.2, 0.25) is 20.0 Å². The number of rotatable bonds is 12. The monoisotopic (exact) mass is 589 g/mol. The first kappa shape index (κ1) is 30.9. The number of carbonyl (C=O) groups is 2. The summed E-state index contributed by atoms with van der Waals surface area (Å²) in [6, 6.07) is 14.8. The number of nitrogens with zero attached hydrogens (tertiary/aromatic N) is 1. The highest BCUT2D eigenvalue weighted by atomic mass is 32.2. The van der Waals surface area contributed by atoms with Gasteiger partial charge in [-0.1, -0.05) is 41.5 Å². The number of esters is 2. The zero-order chi connectivity index (χ0) is 29.5. The Labute approximate surface area is 234 Å². The highest BCUT2D eigenvalue weighted by Gasteiger charge is 2.24. The number of aromatic nitrogens is 1. The molecular weight excluding hydrogens is 558 g/mol. The van der Waals surface area contributed by atoms with E-state index < -0.39 is 44.1 Å². The van der Waals surface area contributed by atoms with Gasteiger partial charge < -0.3 is 9.47 Å². The second-order valence-electron chi connectivity index (χ2n) is 9.15. The Morgan fingerprint density at radius 2 is 1.02 bits per heavy atom. The molecule has 0 unspecified atom stereocenters. The SMILES string of the molecule is Cc1ccc(S(=O)(=O)N[C@@H](C)C(=O)OCc2cccc(COC(=O)[C@H](C)NS(=O)(=O)c3ccc(C)cc3)n2)cc1. The first-order chi connectivity index (χ1) is 18.8. The van der Waals surface area contributed by atoms with Crippen LogP contribution in [-0.4, -0.2) is 45.8 Å². The van der Waals surface area contributed by atoms with Gasteiger partial charge in [0.05, 0.1) is 21.2 Å². The van der Waals surface area contributed by atoms with E-state index in [4.69, 9.17) is 9.47 Å². The van der Waals surface area contributed by atoms with Crippen LogP contribution in [0.25, 0.3) is 0 Å². The minimum absolute atomic E-state index is 0.0268. The average molecular weight is 590 g/mol. The smallest absolute Gasteiger partial charge is 0.324 e. The van der Waals surface area contributed by atoms with Gasteiger partial charge in [-0.2, -0.15) is 9.44 Å². The molecule has 11 nitrogen and oxygen atoms in total. The second-order valence-corrected chi connectivity index (χ2v) is 12.6. The van der Waals surface area contributed by atoms with Crippen molar-refractivity contribution >= 4 is 32.0 Å². The minimum atomic E-state index is -3.92. The van der Waals surface area contributed by atoms with Crippen LogP contribution in [-0.2, 0) is 52.3 Å². The molecule has 0 aliphatic carbocycles. The average Bonchev–Trinajstić information content (AvgIpc) is 2.90. The maximum atomic E-state index is 12.5. The fraction of sp³-hybridized carbons (Fsp3) is 0.296. The Bertz CT molecular complexity index is 1440. The quantitative estimate of drug-likeness (QED) is 0.303. The Kier molecular flexibility index (Phi) is 10.1. The predicted molar refractivity (Wildman–Crippen MR) is 146 cm³/mol. The molecule has 3 rings (SSSR count). The number of pyridine rings is 1. The van der Waals surface area contributed by atoms with Crippen LogP contribution >= 0.6 is 0 Å². The molecule has 0 saturated heterocycles. The number of benzene rings is 2. The lowest BCUT2D eigenvalue weighted by molar-refractivity contribution is -0.147. The topological polar surface area (TPSA) is 158 Å².